The third kappa shape index (κ3) is 9.56. The van der Waals surface area contributed by atoms with Gasteiger partial charge in [0.25, 0.3) is 0 Å². The van der Waals surface area contributed by atoms with E-state index in [1.54, 1.807) is 37.1 Å². The van der Waals surface area contributed by atoms with E-state index in [0.717, 1.165) is 49.4 Å². The van der Waals surface area contributed by atoms with Crippen LogP contribution >= 0.6 is 11.6 Å². The van der Waals surface area contributed by atoms with Gasteiger partial charge in [-0.05, 0) is 66.6 Å². The number of aliphatic hydroxyl groups is 1. The highest BCUT2D eigenvalue weighted by molar-refractivity contribution is 6.30. The van der Waals surface area contributed by atoms with E-state index in [2.05, 4.69) is 24.0 Å². The summed E-state index contributed by atoms with van der Waals surface area (Å²) in [4.78, 5) is 26.7. The van der Waals surface area contributed by atoms with E-state index in [-0.39, 0.29) is 11.8 Å². The minimum absolute atomic E-state index is 0.0430. The van der Waals surface area contributed by atoms with Crippen molar-refractivity contribution in [1.82, 2.24) is 4.90 Å². The normalized spacial score (nSPS) is 15.4. The van der Waals surface area contributed by atoms with Crippen LogP contribution in [-0.4, -0.2) is 60.3 Å². The number of aliphatic carboxylic acids is 1. The monoisotopic (exact) mass is 572 g/mol. The Bertz CT molecular complexity index is 1140. The number of fused-ring (bicyclic) bond motifs is 1. The largest absolute Gasteiger partial charge is 0.491 e. The van der Waals surface area contributed by atoms with Crippen molar-refractivity contribution in [3.05, 3.63) is 70.3 Å². The number of carbonyl (C=O) groups is 2. The quantitative estimate of drug-likeness (QED) is 0.219. The average Bonchev–Trinajstić information content (AvgIpc) is 3.12. The average molecular weight is 573 g/mol. The molecule has 0 saturated heterocycles. The number of halogens is 1. The molecule has 1 aliphatic heterocycles. The van der Waals surface area contributed by atoms with Crippen molar-refractivity contribution >= 4 is 29.2 Å². The smallest absolute Gasteiger partial charge is 0.337 e. The van der Waals surface area contributed by atoms with Gasteiger partial charge in [-0.3, -0.25) is 4.79 Å². The molecule has 0 aliphatic carbocycles. The van der Waals surface area contributed by atoms with Crippen LogP contribution in [0.3, 0.4) is 0 Å². The minimum atomic E-state index is -1.59. The van der Waals surface area contributed by atoms with Gasteiger partial charge in [0, 0.05) is 44.5 Å². The fourth-order valence-electron chi connectivity index (χ4n) is 4.73. The van der Waals surface area contributed by atoms with E-state index in [4.69, 9.17) is 16.3 Å². The molecule has 0 aromatic heterocycles. The van der Waals surface area contributed by atoms with Crippen LogP contribution in [0.5, 0.6) is 5.75 Å². The Balaban J connectivity index is 0.00000274. The lowest BCUT2D eigenvalue weighted by Crippen LogP contribution is -2.30. The minimum Gasteiger partial charge on any atom is -0.491 e. The summed E-state index contributed by atoms with van der Waals surface area (Å²) in [5.41, 5.74) is 3.58. The first kappa shape index (κ1) is 33.2. The molecule has 0 spiro atoms. The zero-order chi connectivity index (χ0) is 29.7. The number of anilines is 1. The highest BCUT2D eigenvalue weighted by atomic mass is 35.5. The van der Waals surface area contributed by atoms with Crippen LogP contribution in [0.2, 0.25) is 5.02 Å². The third-order valence-electron chi connectivity index (χ3n) is 6.95. The number of unbranched alkanes of at least 4 members (excludes halogenated alkanes) is 2. The van der Waals surface area contributed by atoms with Crippen molar-refractivity contribution in [2.24, 2.45) is 0 Å². The van der Waals surface area contributed by atoms with Crippen LogP contribution in [0.4, 0.5) is 5.69 Å². The Kier molecular flexibility index (Phi) is 14.0. The number of hydrogen-bond acceptors (Lipinski definition) is 5. The van der Waals surface area contributed by atoms with Crippen LogP contribution < -0.4 is 9.64 Å². The second-order valence-corrected chi connectivity index (χ2v) is 10.3. The van der Waals surface area contributed by atoms with Gasteiger partial charge < -0.3 is 24.7 Å². The molecule has 0 radical (unpaired) electrons. The molecule has 0 saturated carbocycles. The number of aliphatic hydroxyl groups excluding tert-OH is 1. The van der Waals surface area contributed by atoms with Gasteiger partial charge in [-0.2, -0.15) is 0 Å². The fraction of sp³-hybridized carbons (Fsp3) is 0.500. The standard InChI is InChI=1S/C30H39ClN2O5.C2H6/c1-4-10-22-17-25(31)12-13-26(22)24-19-33(16-9-7-5-6-8-15-32(3)21(2)34)27-18-23(29(35)30(36)37)11-14-28(27)38-20-24;1-2/h6,8,11-14,17-18,24,29,35H,4-5,7,9-10,15-16,19-20H2,1-3H3,(H,36,37);1-2H3/b8-6+;. The summed E-state index contributed by atoms with van der Waals surface area (Å²) in [6.45, 7) is 10.3. The molecule has 1 heterocycles. The van der Waals surface area contributed by atoms with Crippen LogP contribution in [0.25, 0.3) is 0 Å². The van der Waals surface area contributed by atoms with E-state index < -0.39 is 12.1 Å². The number of amides is 1. The number of carboxylic acid groups (broad SMARTS) is 1. The zero-order valence-corrected chi connectivity index (χ0v) is 25.3. The lowest BCUT2D eigenvalue weighted by Gasteiger charge is -2.28. The summed E-state index contributed by atoms with van der Waals surface area (Å²) in [5, 5.41) is 20.2. The first-order valence-electron chi connectivity index (χ1n) is 14.3. The second kappa shape index (κ2) is 16.9. The second-order valence-electron chi connectivity index (χ2n) is 9.88. The van der Waals surface area contributed by atoms with Crippen molar-refractivity contribution in [2.45, 2.75) is 71.8 Å². The lowest BCUT2D eigenvalue weighted by atomic mass is 9.92. The highest BCUT2D eigenvalue weighted by Gasteiger charge is 2.27. The SMILES string of the molecule is CC.CCCc1cc(Cl)ccc1C1COc2ccc(C(O)C(=O)O)cc2N(CCCC/C=C/CN(C)C(C)=O)C1. The number of carboxylic acids is 1. The number of carbonyl (C=O) groups excluding carboxylic acids is 1. The van der Waals surface area contributed by atoms with Crippen molar-refractivity contribution < 1.29 is 24.5 Å². The van der Waals surface area contributed by atoms with Gasteiger partial charge >= 0.3 is 5.97 Å². The fourth-order valence-corrected chi connectivity index (χ4v) is 4.92. The number of benzene rings is 2. The Morgan fingerprint density at radius 3 is 2.60 bits per heavy atom. The number of likely N-dealkylation sites (N-methyl/N-ethyl adjacent to an activating group) is 1. The first-order chi connectivity index (χ1) is 19.2. The van der Waals surface area contributed by atoms with Crippen LogP contribution in [0.1, 0.15) is 82.1 Å². The Labute approximate surface area is 244 Å². The maximum atomic E-state index is 11.4. The van der Waals surface area contributed by atoms with Gasteiger partial charge in [-0.25, -0.2) is 4.79 Å². The molecule has 0 bridgehead atoms. The number of aryl methyl sites for hydroxylation is 1. The molecule has 0 fully saturated rings. The lowest BCUT2D eigenvalue weighted by molar-refractivity contribution is -0.147. The van der Waals surface area contributed by atoms with Gasteiger partial charge in [-0.15, -0.1) is 0 Å². The Hall–Kier alpha value is -3.03. The molecule has 2 N–H and O–H groups in total. The molecular weight excluding hydrogens is 528 g/mol. The van der Waals surface area contributed by atoms with Crippen molar-refractivity contribution in [3.8, 4) is 5.75 Å². The van der Waals surface area contributed by atoms with E-state index in [1.165, 1.54) is 11.1 Å². The van der Waals surface area contributed by atoms with Crippen molar-refractivity contribution in [2.75, 3.05) is 38.2 Å². The molecule has 1 aliphatic rings. The number of allylic oxidation sites excluding steroid dienone is 1. The summed E-state index contributed by atoms with van der Waals surface area (Å²) >= 11 is 6.31. The Morgan fingerprint density at radius 2 is 1.93 bits per heavy atom. The number of hydrogen-bond donors (Lipinski definition) is 2. The maximum Gasteiger partial charge on any atom is 0.337 e. The van der Waals surface area contributed by atoms with Crippen molar-refractivity contribution in [3.63, 3.8) is 0 Å². The van der Waals surface area contributed by atoms with Crippen molar-refractivity contribution in [1.29, 1.82) is 0 Å². The van der Waals surface area contributed by atoms with Gasteiger partial charge in [0.1, 0.15) is 5.75 Å². The molecule has 220 valence electrons. The third-order valence-corrected chi connectivity index (χ3v) is 7.19. The topological polar surface area (TPSA) is 90.3 Å². The van der Waals surface area contributed by atoms with Gasteiger partial charge in [0.15, 0.2) is 6.10 Å². The highest BCUT2D eigenvalue weighted by Crippen LogP contribution is 2.38. The number of nitrogens with zero attached hydrogens (tertiary/aromatic N) is 2. The molecule has 2 aromatic rings. The first-order valence-corrected chi connectivity index (χ1v) is 14.7. The summed E-state index contributed by atoms with van der Waals surface area (Å²) in [6, 6.07) is 11.2. The molecular formula is C32H45ClN2O5. The van der Waals surface area contributed by atoms with E-state index in [1.807, 2.05) is 32.1 Å². The number of rotatable bonds is 12. The molecule has 2 unspecified atom stereocenters. The Morgan fingerprint density at radius 1 is 1.18 bits per heavy atom. The molecule has 3 rings (SSSR count). The summed E-state index contributed by atoms with van der Waals surface area (Å²) in [7, 11) is 1.78. The molecule has 8 heteroatoms. The van der Waals surface area contributed by atoms with Crippen LogP contribution in [-0.2, 0) is 16.0 Å². The van der Waals surface area contributed by atoms with E-state index in [9.17, 15) is 19.8 Å². The summed E-state index contributed by atoms with van der Waals surface area (Å²) < 4.78 is 6.26. The van der Waals surface area contributed by atoms with Gasteiger partial charge in [0.05, 0.1) is 12.3 Å². The molecule has 2 atom stereocenters. The molecule has 1 amide bonds. The summed E-state index contributed by atoms with van der Waals surface area (Å²) in [6.07, 6.45) is 7.27. The van der Waals surface area contributed by atoms with E-state index >= 15 is 0 Å². The van der Waals surface area contributed by atoms with E-state index in [0.29, 0.717) is 31.0 Å². The van der Waals surface area contributed by atoms with Gasteiger partial charge in [0.2, 0.25) is 5.91 Å². The molecule has 7 nitrogen and oxygen atoms in total. The molecule has 40 heavy (non-hydrogen) atoms. The maximum absolute atomic E-state index is 11.4. The zero-order valence-electron chi connectivity index (χ0n) is 24.5. The molecule has 2 aromatic carbocycles. The predicted molar refractivity (Wildman–Crippen MR) is 163 cm³/mol. The predicted octanol–water partition coefficient (Wildman–Crippen LogP) is 6.62. The van der Waals surface area contributed by atoms with Gasteiger partial charge in [-0.1, -0.05) is 63.1 Å². The number of ether oxygens (including phenoxy) is 1. The van der Waals surface area contributed by atoms with Crippen LogP contribution in [0, 0.1) is 0 Å². The summed E-state index contributed by atoms with van der Waals surface area (Å²) in [5.74, 6) is -0.444. The van der Waals surface area contributed by atoms with Crippen LogP contribution in [0.15, 0.2) is 48.6 Å².